The summed E-state index contributed by atoms with van der Waals surface area (Å²) in [6, 6.07) is 8.14. The van der Waals surface area contributed by atoms with Crippen LogP contribution in [0.15, 0.2) is 24.3 Å². The smallest absolute Gasteiger partial charge is 0.218 e. The summed E-state index contributed by atoms with van der Waals surface area (Å²) in [5, 5.41) is 2.95. The van der Waals surface area contributed by atoms with Crippen LogP contribution in [0.1, 0.15) is 24.0 Å². The molecule has 1 fully saturated rings. The normalized spacial score (nSPS) is 24.9. The van der Waals surface area contributed by atoms with E-state index in [1.807, 2.05) is 18.2 Å². The number of nitrogens with zero attached hydrogens (tertiary/aromatic N) is 1. The van der Waals surface area contributed by atoms with Gasteiger partial charge in [-0.25, -0.2) is 8.42 Å². The molecular formula is C14H20N2O2S. The van der Waals surface area contributed by atoms with Gasteiger partial charge in [0.2, 0.25) is 10.0 Å². The van der Waals surface area contributed by atoms with Crippen LogP contribution >= 0.6 is 0 Å². The fraction of sp³-hybridized carbons (Fsp3) is 0.571. The average molecular weight is 280 g/mol. The first-order chi connectivity index (χ1) is 9.18. The first-order valence-electron chi connectivity index (χ1n) is 6.94. The van der Waals surface area contributed by atoms with E-state index in [1.54, 1.807) is 4.31 Å². The molecule has 4 nitrogen and oxygen atoms in total. The lowest BCUT2D eigenvalue weighted by molar-refractivity contribution is 0.374. The minimum atomic E-state index is -3.16. The van der Waals surface area contributed by atoms with Crippen LogP contribution in [0.4, 0.5) is 0 Å². The molecule has 104 valence electrons. The van der Waals surface area contributed by atoms with Crippen molar-refractivity contribution >= 4 is 10.0 Å². The molecule has 2 heterocycles. The standard InChI is InChI=1S/C14H20N2O2S/c17-19(18,14-6-3-8-15-10-14)16-9-7-12-4-1-2-5-13(12)11-16/h1-2,4-5,14-15H,3,6-11H2. The molecule has 0 aliphatic carbocycles. The van der Waals surface area contributed by atoms with E-state index in [2.05, 4.69) is 11.4 Å². The zero-order valence-corrected chi connectivity index (χ0v) is 11.8. The second-order valence-electron chi connectivity index (χ2n) is 5.37. The molecule has 0 amide bonds. The molecule has 1 aromatic carbocycles. The number of rotatable bonds is 2. The number of sulfonamides is 1. The average Bonchev–Trinajstić information content (AvgIpc) is 2.47. The molecule has 0 radical (unpaired) electrons. The minimum Gasteiger partial charge on any atom is -0.315 e. The van der Waals surface area contributed by atoms with Crippen molar-refractivity contribution in [2.75, 3.05) is 19.6 Å². The molecular weight excluding hydrogens is 260 g/mol. The first kappa shape index (κ1) is 13.1. The van der Waals surface area contributed by atoms with E-state index in [0.29, 0.717) is 19.6 Å². The lowest BCUT2D eigenvalue weighted by Crippen LogP contribution is -2.47. The maximum Gasteiger partial charge on any atom is 0.218 e. The summed E-state index contributed by atoms with van der Waals surface area (Å²) in [7, 11) is -3.16. The molecule has 3 rings (SSSR count). The molecule has 0 bridgehead atoms. The van der Waals surface area contributed by atoms with Gasteiger partial charge in [-0.3, -0.25) is 0 Å². The molecule has 1 aromatic rings. The number of fused-ring (bicyclic) bond motifs is 1. The first-order valence-corrected chi connectivity index (χ1v) is 8.45. The maximum absolute atomic E-state index is 12.6. The Morgan fingerprint density at radius 3 is 2.74 bits per heavy atom. The molecule has 1 unspecified atom stereocenters. The Hall–Kier alpha value is -0.910. The van der Waals surface area contributed by atoms with Gasteiger partial charge in [-0.05, 0) is 36.9 Å². The van der Waals surface area contributed by atoms with Crippen LogP contribution in [0, 0.1) is 0 Å². The molecule has 5 heteroatoms. The molecule has 0 aromatic heterocycles. The highest BCUT2D eigenvalue weighted by Gasteiger charge is 2.34. The van der Waals surface area contributed by atoms with Crippen LogP contribution in [0.2, 0.25) is 0 Å². The monoisotopic (exact) mass is 280 g/mol. The fourth-order valence-electron chi connectivity index (χ4n) is 2.97. The fourth-order valence-corrected chi connectivity index (χ4v) is 4.85. The number of hydrogen-bond acceptors (Lipinski definition) is 3. The molecule has 19 heavy (non-hydrogen) atoms. The largest absolute Gasteiger partial charge is 0.315 e. The van der Waals surface area contributed by atoms with Gasteiger partial charge in [-0.15, -0.1) is 0 Å². The van der Waals surface area contributed by atoms with Gasteiger partial charge in [0.1, 0.15) is 0 Å². The molecule has 0 saturated carbocycles. The van der Waals surface area contributed by atoms with Gasteiger partial charge in [0.05, 0.1) is 5.25 Å². The third-order valence-electron chi connectivity index (χ3n) is 4.13. The Morgan fingerprint density at radius 2 is 2.00 bits per heavy atom. The van der Waals surface area contributed by atoms with Crippen molar-refractivity contribution in [1.29, 1.82) is 0 Å². The molecule has 1 N–H and O–H groups in total. The van der Waals surface area contributed by atoms with Crippen molar-refractivity contribution in [3.05, 3.63) is 35.4 Å². The van der Waals surface area contributed by atoms with E-state index in [9.17, 15) is 8.42 Å². The third kappa shape index (κ3) is 2.55. The van der Waals surface area contributed by atoms with Crippen LogP contribution in [0.5, 0.6) is 0 Å². The summed E-state index contributed by atoms with van der Waals surface area (Å²) in [5.41, 5.74) is 2.44. The zero-order valence-electron chi connectivity index (χ0n) is 11.0. The van der Waals surface area contributed by atoms with E-state index < -0.39 is 10.0 Å². The second kappa shape index (κ2) is 5.23. The van der Waals surface area contributed by atoms with E-state index in [4.69, 9.17) is 0 Å². The molecule has 1 saturated heterocycles. The summed E-state index contributed by atoms with van der Waals surface area (Å²) < 4.78 is 26.9. The van der Waals surface area contributed by atoms with Gasteiger partial charge in [0, 0.05) is 19.6 Å². The third-order valence-corrected chi connectivity index (χ3v) is 6.40. The summed E-state index contributed by atoms with van der Waals surface area (Å²) in [4.78, 5) is 0. The maximum atomic E-state index is 12.6. The van der Waals surface area contributed by atoms with Crippen molar-refractivity contribution < 1.29 is 8.42 Å². The van der Waals surface area contributed by atoms with E-state index in [1.165, 1.54) is 5.56 Å². The quantitative estimate of drug-likeness (QED) is 0.883. The zero-order chi connectivity index (χ0) is 13.3. The minimum absolute atomic E-state index is 0.244. The summed E-state index contributed by atoms with van der Waals surface area (Å²) >= 11 is 0. The Balaban J connectivity index is 1.80. The molecule has 2 aliphatic heterocycles. The van der Waals surface area contributed by atoms with E-state index in [-0.39, 0.29) is 5.25 Å². The van der Waals surface area contributed by atoms with Crippen LogP contribution < -0.4 is 5.32 Å². The summed E-state index contributed by atoms with van der Waals surface area (Å²) in [6.07, 6.45) is 2.57. The Bertz CT molecular complexity index is 550. The number of hydrogen-bond donors (Lipinski definition) is 1. The van der Waals surface area contributed by atoms with Crippen molar-refractivity contribution in [2.45, 2.75) is 31.1 Å². The highest BCUT2D eigenvalue weighted by Crippen LogP contribution is 2.24. The van der Waals surface area contributed by atoms with Crippen LogP contribution in [-0.4, -0.2) is 37.6 Å². The predicted molar refractivity (Wildman–Crippen MR) is 75.4 cm³/mol. The SMILES string of the molecule is O=S(=O)(C1CCCNC1)N1CCc2ccccc2C1. The van der Waals surface area contributed by atoms with E-state index >= 15 is 0 Å². The number of nitrogens with one attached hydrogen (secondary N) is 1. The highest BCUT2D eigenvalue weighted by molar-refractivity contribution is 7.89. The Kier molecular flexibility index (Phi) is 3.60. The van der Waals surface area contributed by atoms with Gasteiger partial charge in [-0.1, -0.05) is 24.3 Å². The van der Waals surface area contributed by atoms with Crippen LogP contribution in [0.3, 0.4) is 0 Å². The summed E-state index contributed by atoms with van der Waals surface area (Å²) in [6.45, 7) is 2.69. The highest BCUT2D eigenvalue weighted by atomic mass is 32.2. The molecule has 2 aliphatic rings. The van der Waals surface area contributed by atoms with Crippen molar-refractivity contribution in [2.24, 2.45) is 0 Å². The predicted octanol–water partition coefficient (Wildman–Crippen LogP) is 1.13. The van der Waals surface area contributed by atoms with Crippen molar-refractivity contribution in [1.82, 2.24) is 9.62 Å². The van der Waals surface area contributed by atoms with Gasteiger partial charge >= 0.3 is 0 Å². The number of piperidine rings is 1. The van der Waals surface area contributed by atoms with Gasteiger partial charge < -0.3 is 5.32 Å². The van der Waals surface area contributed by atoms with Crippen molar-refractivity contribution in [3.63, 3.8) is 0 Å². The Labute approximate surface area is 114 Å². The molecule has 1 atom stereocenters. The lowest BCUT2D eigenvalue weighted by Gasteiger charge is -2.33. The topological polar surface area (TPSA) is 49.4 Å². The van der Waals surface area contributed by atoms with Gasteiger partial charge in [-0.2, -0.15) is 4.31 Å². The number of benzene rings is 1. The van der Waals surface area contributed by atoms with Gasteiger partial charge in [0.25, 0.3) is 0 Å². The Morgan fingerprint density at radius 1 is 1.21 bits per heavy atom. The molecule has 0 spiro atoms. The lowest BCUT2D eigenvalue weighted by atomic mass is 10.0. The van der Waals surface area contributed by atoms with Gasteiger partial charge in [0.15, 0.2) is 0 Å². The second-order valence-corrected chi connectivity index (χ2v) is 7.58. The van der Waals surface area contributed by atoms with Crippen LogP contribution in [-0.2, 0) is 23.0 Å². The van der Waals surface area contributed by atoms with Crippen molar-refractivity contribution in [3.8, 4) is 0 Å². The van der Waals surface area contributed by atoms with E-state index in [0.717, 1.165) is 31.4 Å². The van der Waals surface area contributed by atoms with Crippen LogP contribution in [0.25, 0.3) is 0 Å². The summed E-state index contributed by atoms with van der Waals surface area (Å²) in [5.74, 6) is 0.